The lowest BCUT2D eigenvalue weighted by Gasteiger charge is -2.40. The van der Waals surface area contributed by atoms with Crippen molar-refractivity contribution in [1.82, 2.24) is 29.2 Å². The number of nitrogens with one attached hydrogen (secondary N) is 1. The van der Waals surface area contributed by atoms with E-state index < -0.39 is 49.6 Å². The molecule has 1 amide bonds. The molecule has 1 fully saturated rings. The van der Waals surface area contributed by atoms with Crippen molar-refractivity contribution < 1.29 is 35.8 Å². The van der Waals surface area contributed by atoms with Gasteiger partial charge in [0.1, 0.15) is 11.8 Å². The number of fused-ring (bicyclic) bond motifs is 1. The molecule has 0 saturated carbocycles. The van der Waals surface area contributed by atoms with Gasteiger partial charge in [0.25, 0.3) is 0 Å². The number of amides is 1. The molecule has 4 aromatic rings. The highest BCUT2D eigenvalue weighted by atomic mass is 32.2. The van der Waals surface area contributed by atoms with Crippen molar-refractivity contribution in [1.29, 1.82) is 0 Å². The molecule has 4 atom stereocenters. The molecule has 15 nitrogen and oxygen atoms in total. The largest absolute Gasteiger partial charge is 0.443 e. The van der Waals surface area contributed by atoms with Gasteiger partial charge < -0.3 is 19.3 Å². The molecular formula is C30H39N7O8SSi. The first-order valence-electron chi connectivity index (χ1n) is 15.1. The van der Waals surface area contributed by atoms with E-state index in [2.05, 4.69) is 53.8 Å². The number of carbonyl (C=O) groups excluding carboxylic acids is 2. The molecule has 3 aromatic heterocycles. The van der Waals surface area contributed by atoms with E-state index in [0.717, 1.165) is 0 Å². The number of imidazole rings is 1. The quantitative estimate of drug-likeness (QED) is 0.160. The smallest absolute Gasteiger partial charge is 0.362 e. The summed E-state index contributed by atoms with van der Waals surface area (Å²) in [6.07, 6.45) is 2.99. The van der Waals surface area contributed by atoms with Gasteiger partial charge in [-0.15, -0.1) is 0 Å². The Hall–Kier alpha value is -4.03. The van der Waals surface area contributed by atoms with Crippen LogP contribution in [0.5, 0.6) is 0 Å². The van der Waals surface area contributed by atoms with Crippen LogP contribution < -0.4 is 10.5 Å². The molecule has 1 aromatic carbocycles. The number of oxazole rings is 1. The van der Waals surface area contributed by atoms with E-state index in [1.165, 1.54) is 18.9 Å². The number of hydrogen-bond donors (Lipinski definition) is 2. The normalized spacial score (nSPS) is 20.5. The van der Waals surface area contributed by atoms with Gasteiger partial charge in [-0.2, -0.15) is 8.42 Å². The van der Waals surface area contributed by atoms with Crippen LogP contribution >= 0.6 is 0 Å². The van der Waals surface area contributed by atoms with Crippen molar-refractivity contribution in [2.75, 3.05) is 12.3 Å². The summed E-state index contributed by atoms with van der Waals surface area (Å²) in [5, 5.41) is -0.122. The van der Waals surface area contributed by atoms with Crippen LogP contribution in [-0.4, -0.2) is 71.7 Å². The Morgan fingerprint density at radius 2 is 1.87 bits per heavy atom. The lowest BCUT2D eigenvalue weighted by Crippen LogP contribution is -2.47. The number of ketones is 1. The number of nitrogens with two attached hydrogens (primary N) is 1. The van der Waals surface area contributed by atoms with Gasteiger partial charge in [0.15, 0.2) is 43.9 Å². The van der Waals surface area contributed by atoms with Crippen LogP contribution in [0.1, 0.15) is 57.1 Å². The molecule has 0 unspecified atom stereocenters. The summed E-state index contributed by atoms with van der Waals surface area (Å²) in [6, 6.07) is 6.72. The Labute approximate surface area is 273 Å². The monoisotopic (exact) mass is 685 g/mol. The zero-order valence-electron chi connectivity index (χ0n) is 27.0. The van der Waals surface area contributed by atoms with Crippen molar-refractivity contribution in [2.45, 2.75) is 77.1 Å². The Morgan fingerprint density at radius 1 is 1.13 bits per heavy atom. The first-order valence-corrected chi connectivity index (χ1v) is 19.4. The molecule has 47 heavy (non-hydrogen) atoms. The average Bonchev–Trinajstić information content (AvgIpc) is 3.75. The number of ether oxygens (including phenoxy) is 1. The van der Waals surface area contributed by atoms with E-state index >= 15 is 0 Å². The first kappa shape index (κ1) is 34.3. The average molecular weight is 686 g/mol. The molecule has 0 radical (unpaired) electrons. The van der Waals surface area contributed by atoms with Crippen LogP contribution in [0.2, 0.25) is 18.1 Å². The van der Waals surface area contributed by atoms with Crippen molar-refractivity contribution in [2.24, 2.45) is 5.92 Å². The highest BCUT2D eigenvalue weighted by Gasteiger charge is 2.50. The maximum Gasteiger partial charge on any atom is 0.362 e. The van der Waals surface area contributed by atoms with Crippen molar-refractivity contribution in [3.05, 3.63) is 55.1 Å². The fourth-order valence-electron chi connectivity index (χ4n) is 5.03. The van der Waals surface area contributed by atoms with Gasteiger partial charge in [-0.25, -0.2) is 24.7 Å². The SMILES string of the molecule is C[C@H]1[C@@H](O[Si](C)(C)C(C)(C)C)[C@H](n2cnc3c(N)ncnc32)O[C@@H]1COS(=O)(=O)NC(=O)CCC(=O)c1ccccc1-c1cnco1. The van der Waals surface area contributed by atoms with Gasteiger partial charge in [0.2, 0.25) is 5.91 Å². The predicted octanol–water partition coefficient (Wildman–Crippen LogP) is 4.03. The van der Waals surface area contributed by atoms with Crippen LogP contribution in [0, 0.1) is 5.92 Å². The van der Waals surface area contributed by atoms with Gasteiger partial charge in [-0.05, 0) is 18.1 Å². The van der Waals surface area contributed by atoms with Gasteiger partial charge >= 0.3 is 10.3 Å². The van der Waals surface area contributed by atoms with Gasteiger partial charge in [0, 0.05) is 29.9 Å². The second-order valence-electron chi connectivity index (χ2n) is 12.9. The number of carbonyl (C=O) groups is 2. The van der Waals surface area contributed by atoms with E-state index in [1.54, 1.807) is 35.2 Å². The fourth-order valence-corrected chi connectivity index (χ4v) is 7.15. The summed E-state index contributed by atoms with van der Waals surface area (Å²) in [6.45, 7) is 12.1. The van der Waals surface area contributed by atoms with Crippen molar-refractivity contribution in [3.63, 3.8) is 0 Å². The summed E-state index contributed by atoms with van der Waals surface area (Å²) in [4.78, 5) is 42.1. The number of nitrogen functional groups attached to an aromatic ring is 1. The number of rotatable bonds is 12. The summed E-state index contributed by atoms with van der Waals surface area (Å²) in [7, 11) is -6.88. The number of Topliss-reactive ketones (excluding diaryl/α,β-unsaturated/α-hetero) is 1. The third kappa shape index (κ3) is 7.43. The maximum atomic E-state index is 12.9. The van der Waals surface area contributed by atoms with Crippen LogP contribution in [0.3, 0.4) is 0 Å². The maximum absolute atomic E-state index is 12.9. The molecule has 5 rings (SSSR count). The molecular weight excluding hydrogens is 647 g/mol. The topological polar surface area (TPSA) is 204 Å². The fraction of sp³-hybridized carbons (Fsp3) is 0.467. The standard InChI is InChI=1S/C30H39N7O8SSi/c1-18-23(44-29(26(18)45-47(5,6)30(2,3)4)37-16-35-25-27(31)33-15-34-28(25)37)14-43-46(40,41)36-24(39)12-11-21(38)19-9-7-8-10-20(19)22-13-32-17-42-22/h7-10,13,15-18,23,26,29H,11-12,14H2,1-6H3,(H,36,39)(H2,31,33,34)/t18-,23-,26-,29-/m1/s1. The van der Waals surface area contributed by atoms with E-state index in [0.29, 0.717) is 28.1 Å². The van der Waals surface area contributed by atoms with Crippen LogP contribution in [0.25, 0.3) is 22.5 Å². The molecule has 0 bridgehead atoms. The summed E-state index contributed by atoms with van der Waals surface area (Å²) in [5.74, 6) is -0.982. The minimum Gasteiger partial charge on any atom is -0.443 e. The highest BCUT2D eigenvalue weighted by Crippen LogP contribution is 2.44. The Balaban J connectivity index is 1.25. The summed E-state index contributed by atoms with van der Waals surface area (Å²) >= 11 is 0. The van der Waals surface area contributed by atoms with E-state index in [-0.39, 0.29) is 35.4 Å². The molecule has 1 aliphatic heterocycles. The Morgan fingerprint density at radius 3 is 2.57 bits per heavy atom. The molecule has 0 spiro atoms. The van der Waals surface area contributed by atoms with Gasteiger partial charge in [0.05, 0.1) is 31.3 Å². The van der Waals surface area contributed by atoms with E-state index in [1.807, 2.05) is 11.6 Å². The molecule has 4 heterocycles. The Kier molecular flexibility index (Phi) is 9.66. The molecule has 0 aliphatic carbocycles. The first-order chi connectivity index (χ1) is 22.1. The zero-order chi connectivity index (χ0) is 34.1. The summed E-state index contributed by atoms with van der Waals surface area (Å²) in [5.41, 5.74) is 7.70. The number of anilines is 1. The number of benzene rings is 1. The van der Waals surface area contributed by atoms with Crippen molar-refractivity contribution in [3.8, 4) is 11.3 Å². The minimum atomic E-state index is -4.54. The molecule has 1 saturated heterocycles. The van der Waals surface area contributed by atoms with Crippen LogP contribution in [0.15, 0.2) is 53.9 Å². The molecule has 17 heteroatoms. The van der Waals surface area contributed by atoms with E-state index in [4.69, 9.17) is 23.5 Å². The second-order valence-corrected chi connectivity index (χ2v) is 19.1. The molecule has 252 valence electrons. The van der Waals surface area contributed by atoms with Gasteiger partial charge in [-0.1, -0.05) is 52.0 Å². The number of nitrogens with zero attached hydrogens (tertiary/aromatic N) is 5. The number of hydrogen-bond acceptors (Lipinski definition) is 13. The molecule has 3 N–H and O–H groups in total. The third-order valence-electron chi connectivity index (χ3n) is 8.73. The van der Waals surface area contributed by atoms with E-state index in [9.17, 15) is 18.0 Å². The molecule has 1 aliphatic rings. The van der Waals surface area contributed by atoms with Crippen LogP contribution in [-0.2, 0) is 28.4 Å². The number of aromatic nitrogens is 5. The zero-order valence-corrected chi connectivity index (χ0v) is 28.9. The highest BCUT2D eigenvalue weighted by molar-refractivity contribution is 7.85. The summed E-state index contributed by atoms with van der Waals surface area (Å²) < 4.78 is 52.9. The Bertz CT molecular complexity index is 1860. The third-order valence-corrected chi connectivity index (χ3v) is 14.1. The predicted molar refractivity (Wildman–Crippen MR) is 173 cm³/mol. The second kappa shape index (κ2) is 13.2. The lowest BCUT2D eigenvalue weighted by molar-refractivity contribution is -0.119. The minimum absolute atomic E-state index is 0.122. The van der Waals surface area contributed by atoms with Crippen molar-refractivity contribution >= 4 is 47.3 Å². The lowest BCUT2D eigenvalue weighted by atomic mass is 9.99. The van der Waals surface area contributed by atoms with Gasteiger partial charge in [-0.3, -0.25) is 18.3 Å². The van der Waals surface area contributed by atoms with Crippen LogP contribution in [0.4, 0.5) is 5.82 Å².